The maximum Gasteiger partial charge on any atom is 0.337 e. The van der Waals surface area contributed by atoms with E-state index in [1.54, 1.807) is 12.3 Å². The number of unbranched alkanes of at least 4 members (excludes halogenated alkanes) is 3. The smallest absolute Gasteiger partial charge is 0.337 e. The van der Waals surface area contributed by atoms with E-state index in [-0.39, 0.29) is 5.56 Å². The van der Waals surface area contributed by atoms with Gasteiger partial charge in [0.15, 0.2) is 5.82 Å². The first-order valence-electron chi connectivity index (χ1n) is 10.8. The molecule has 3 rings (SSSR count). The van der Waals surface area contributed by atoms with Gasteiger partial charge in [-0.2, -0.15) is 5.10 Å². The summed E-state index contributed by atoms with van der Waals surface area (Å²) in [6.07, 6.45) is 10.4. The summed E-state index contributed by atoms with van der Waals surface area (Å²) >= 11 is 0. The molecule has 1 N–H and O–H groups in total. The molecule has 0 aliphatic rings. The summed E-state index contributed by atoms with van der Waals surface area (Å²) in [5.74, 6) is 0.963. The number of carbonyl (C=O) groups is 1. The Bertz CT molecular complexity index is 964. The molecule has 0 saturated heterocycles. The highest BCUT2D eigenvalue weighted by Gasteiger charge is 2.13. The molecule has 6 nitrogen and oxygen atoms in total. The number of rotatable bonds is 11. The molecule has 0 spiro atoms. The van der Waals surface area contributed by atoms with Gasteiger partial charge in [-0.1, -0.05) is 57.4 Å². The van der Waals surface area contributed by atoms with Crippen LogP contribution in [0.15, 0.2) is 42.7 Å². The van der Waals surface area contributed by atoms with Crippen molar-refractivity contribution < 1.29 is 9.90 Å². The largest absolute Gasteiger partial charge is 0.478 e. The van der Waals surface area contributed by atoms with Crippen LogP contribution in [-0.2, 0) is 19.4 Å². The lowest BCUT2D eigenvalue weighted by molar-refractivity contribution is 0.0697. The summed E-state index contributed by atoms with van der Waals surface area (Å²) in [5.41, 5.74) is 2.89. The number of carboxylic acids is 1. The van der Waals surface area contributed by atoms with Gasteiger partial charge >= 0.3 is 5.97 Å². The van der Waals surface area contributed by atoms with E-state index in [0.717, 1.165) is 55.0 Å². The molecule has 0 unspecified atom stereocenters. The van der Waals surface area contributed by atoms with E-state index >= 15 is 0 Å². The Kier molecular flexibility index (Phi) is 7.71. The molecule has 158 valence electrons. The fourth-order valence-electron chi connectivity index (χ4n) is 3.49. The number of aromatic carboxylic acids is 1. The van der Waals surface area contributed by atoms with Crippen LogP contribution in [0.3, 0.4) is 0 Å². The Hall–Kier alpha value is -3.02. The van der Waals surface area contributed by atoms with E-state index in [0.29, 0.717) is 12.0 Å². The zero-order chi connectivity index (χ0) is 21.3. The van der Waals surface area contributed by atoms with Crippen molar-refractivity contribution in [2.24, 2.45) is 0 Å². The first-order chi connectivity index (χ1) is 14.6. The van der Waals surface area contributed by atoms with E-state index < -0.39 is 5.97 Å². The number of aryl methyl sites for hydroxylation is 2. The summed E-state index contributed by atoms with van der Waals surface area (Å²) in [7, 11) is 0. The highest BCUT2D eigenvalue weighted by molar-refractivity contribution is 5.95. The Morgan fingerprint density at radius 1 is 1.03 bits per heavy atom. The van der Waals surface area contributed by atoms with Crippen LogP contribution in [0.2, 0.25) is 0 Å². The summed E-state index contributed by atoms with van der Waals surface area (Å²) in [6, 6.07) is 9.75. The Balaban J connectivity index is 1.79. The SMILES string of the molecule is CCCCCn1nc(CCCC)nc1Cc1ccc(-c2ccncc2C(=O)O)cc1. The van der Waals surface area contributed by atoms with Crippen molar-refractivity contribution in [2.45, 2.75) is 65.3 Å². The van der Waals surface area contributed by atoms with E-state index in [1.807, 2.05) is 24.3 Å². The van der Waals surface area contributed by atoms with Crippen molar-refractivity contribution in [2.75, 3.05) is 0 Å². The predicted molar refractivity (Wildman–Crippen MR) is 118 cm³/mol. The van der Waals surface area contributed by atoms with Crippen molar-refractivity contribution in [1.82, 2.24) is 19.7 Å². The number of hydrogen-bond donors (Lipinski definition) is 1. The topological polar surface area (TPSA) is 80.9 Å². The summed E-state index contributed by atoms with van der Waals surface area (Å²) in [6.45, 7) is 5.29. The molecule has 2 heterocycles. The Labute approximate surface area is 178 Å². The van der Waals surface area contributed by atoms with Gasteiger partial charge in [-0.25, -0.2) is 14.5 Å². The average molecular weight is 407 g/mol. The van der Waals surface area contributed by atoms with Crippen LogP contribution in [0.25, 0.3) is 11.1 Å². The number of benzene rings is 1. The molecule has 0 bridgehead atoms. The lowest BCUT2D eigenvalue weighted by Gasteiger charge is -2.08. The van der Waals surface area contributed by atoms with Gasteiger partial charge in [0, 0.05) is 31.8 Å². The van der Waals surface area contributed by atoms with E-state index in [4.69, 9.17) is 10.1 Å². The predicted octanol–water partition coefficient (Wildman–Crippen LogP) is 5.16. The van der Waals surface area contributed by atoms with Crippen LogP contribution < -0.4 is 0 Å². The number of pyridine rings is 1. The van der Waals surface area contributed by atoms with Crippen molar-refractivity contribution in [3.05, 3.63) is 65.5 Å². The molecule has 30 heavy (non-hydrogen) atoms. The lowest BCUT2D eigenvalue weighted by atomic mass is 10.00. The first kappa shape index (κ1) is 21.7. The molecule has 0 radical (unpaired) electrons. The van der Waals surface area contributed by atoms with Gasteiger partial charge in [-0.15, -0.1) is 0 Å². The minimum absolute atomic E-state index is 0.210. The first-order valence-corrected chi connectivity index (χ1v) is 10.8. The van der Waals surface area contributed by atoms with Crippen LogP contribution in [0.1, 0.15) is 73.5 Å². The molecule has 6 heteroatoms. The van der Waals surface area contributed by atoms with Gasteiger partial charge in [-0.05, 0) is 35.6 Å². The molecule has 0 aliphatic carbocycles. The van der Waals surface area contributed by atoms with Crippen molar-refractivity contribution in [1.29, 1.82) is 0 Å². The highest BCUT2D eigenvalue weighted by Crippen LogP contribution is 2.24. The standard InChI is InChI=1S/C24H30N4O2/c1-3-5-7-15-28-23(26-22(27-28)8-6-4-2)16-18-9-11-19(12-10-18)20-13-14-25-17-21(20)24(29)30/h9-14,17H,3-8,15-16H2,1-2H3,(H,29,30). The van der Waals surface area contributed by atoms with Gasteiger partial charge in [0.1, 0.15) is 5.82 Å². The number of aromatic nitrogens is 4. The summed E-state index contributed by atoms with van der Waals surface area (Å²) in [4.78, 5) is 20.2. The van der Waals surface area contributed by atoms with Crippen molar-refractivity contribution >= 4 is 5.97 Å². The molecular formula is C24H30N4O2. The Morgan fingerprint density at radius 3 is 2.50 bits per heavy atom. The average Bonchev–Trinajstić information content (AvgIpc) is 3.14. The van der Waals surface area contributed by atoms with Crippen LogP contribution in [0.5, 0.6) is 0 Å². The molecule has 2 aromatic heterocycles. The monoisotopic (exact) mass is 406 g/mol. The fraction of sp³-hybridized carbons (Fsp3) is 0.417. The van der Waals surface area contributed by atoms with Crippen LogP contribution >= 0.6 is 0 Å². The second-order valence-electron chi connectivity index (χ2n) is 7.58. The normalized spacial score (nSPS) is 11.0. The van der Waals surface area contributed by atoms with Crippen molar-refractivity contribution in [3.8, 4) is 11.1 Å². The maximum atomic E-state index is 11.5. The number of carboxylic acid groups (broad SMARTS) is 1. The minimum atomic E-state index is -0.970. The molecule has 0 fully saturated rings. The molecule has 0 amide bonds. The zero-order valence-corrected chi connectivity index (χ0v) is 17.8. The molecule has 0 saturated carbocycles. The third kappa shape index (κ3) is 5.53. The molecule has 0 aliphatic heterocycles. The molecule has 0 atom stereocenters. The molecule has 3 aromatic rings. The van der Waals surface area contributed by atoms with E-state index in [2.05, 4.69) is 23.5 Å². The van der Waals surface area contributed by atoms with Gasteiger partial charge in [0.25, 0.3) is 0 Å². The third-order valence-corrected chi connectivity index (χ3v) is 5.20. The van der Waals surface area contributed by atoms with Crippen molar-refractivity contribution in [3.63, 3.8) is 0 Å². The Morgan fingerprint density at radius 2 is 1.80 bits per heavy atom. The van der Waals surface area contributed by atoms with Gasteiger partial charge in [0.05, 0.1) is 5.56 Å². The van der Waals surface area contributed by atoms with E-state index in [1.165, 1.54) is 19.0 Å². The quantitative estimate of drug-likeness (QED) is 0.445. The van der Waals surface area contributed by atoms with Gasteiger partial charge in [-0.3, -0.25) is 4.98 Å². The lowest BCUT2D eigenvalue weighted by Crippen LogP contribution is -2.07. The number of nitrogens with zero attached hydrogens (tertiary/aromatic N) is 4. The van der Waals surface area contributed by atoms with Gasteiger partial charge in [0.2, 0.25) is 0 Å². The fourth-order valence-corrected chi connectivity index (χ4v) is 3.49. The van der Waals surface area contributed by atoms with Gasteiger partial charge < -0.3 is 5.11 Å². The molecule has 1 aromatic carbocycles. The van der Waals surface area contributed by atoms with E-state index in [9.17, 15) is 9.90 Å². The van der Waals surface area contributed by atoms with Crippen LogP contribution in [0.4, 0.5) is 0 Å². The molecular weight excluding hydrogens is 376 g/mol. The summed E-state index contributed by atoms with van der Waals surface area (Å²) in [5, 5.41) is 14.1. The highest BCUT2D eigenvalue weighted by atomic mass is 16.4. The van der Waals surface area contributed by atoms with Crippen LogP contribution in [0, 0.1) is 0 Å². The van der Waals surface area contributed by atoms with Crippen LogP contribution in [-0.4, -0.2) is 30.8 Å². The maximum absolute atomic E-state index is 11.5. The zero-order valence-electron chi connectivity index (χ0n) is 17.8. The number of hydrogen-bond acceptors (Lipinski definition) is 4. The second-order valence-corrected chi connectivity index (χ2v) is 7.58. The summed E-state index contributed by atoms with van der Waals surface area (Å²) < 4.78 is 2.07. The third-order valence-electron chi connectivity index (χ3n) is 5.20. The second kappa shape index (κ2) is 10.7. The minimum Gasteiger partial charge on any atom is -0.478 e.